The molecule has 0 radical (unpaired) electrons. The van der Waals surface area contributed by atoms with Crippen molar-refractivity contribution in [2.24, 2.45) is 0 Å². The molecule has 6 nitrogen and oxygen atoms in total. The highest BCUT2D eigenvalue weighted by molar-refractivity contribution is 5.61. The van der Waals surface area contributed by atoms with E-state index < -0.39 is 0 Å². The maximum absolute atomic E-state index is 4.74. The molecule has 4 rings (SSSR count). The van der Waals surface area contributed by atoms with Crippen molar-refractivity contribution < 1.29 is 0 Å². The monoisotopic (exact) mass is 322 g/mol. The molecule has 0 aliphatic carbocycles. The average molecular weight is 322 g/mol. The molecule has 3 aromatic rings. The Hall–Kier alpha value is -2.47. The minimum absolute atomic E-state index is 0.414. The molecule has 1 fully saturated rings. The first kappa shape index (κ1) is 15.1. The summed E-state index contributed by atoms with van der Waals surface area (Å²) in [6.45, 7) is 4.23. The summed E-state index contributed by atoms with van der Waals surface area (Å²) in [4.78, 5) is 13.6. The molecule has 1 atom stereocenters. The van der Waals surface area contributed by atoms with Crippen LogP contribution in [0.15, 0.2) is 36.9 Å². The van der Waals surface area contributed by atoms with Gasteiger partial charge in [0.2, 0.25) is 0 Å². The molecule has 0 saturated carbocycles. The van der Waals surface area contributed by atoms with Crippen molar-refractivity contribution in [2.45, 2.75) is 32.2 Å². The van der Waals surface area contributed by atoms with Gasteiger partial charge in [-0.15, -0.1) is 0 Å². The zero-order valence-electron chi connectivity index (χ0n) is 13.9. The van der Waals surface area contributed by atoms with Crippen LogP contribution in [0.5, 0.6) is 0 Å². The number of nitrogens with one attached hydrogen (secondary N) is 2. The highest BCUT2D eigenvalue weighted by atomic mass is 15.1. The van der Waals surface area contributed by atoms with Gasteiger partial charge in [0.25, 0.3) is 0 Å². The first-order valence-corrected chi connectivity index (χ1v) is 8.59. The van der Waals surface area contributed by atoms with Crippen molar-refractivity contribution >= 4 is 11.5 Å². The van der Waals surface area contributed by atoms with Crippen LogP contribution >= 0.6 is 0 Å². The summed E-state index contributed by atoms with van der Waals surface area (Å²) < 4.78 is 2.06. The molecule has 24 heavy (non-hydrogen) atoms. The number of fused-ring (bicyclic) bond motifs is 1. The van der Waals surface area contributed by atoms with Crippen molar-refractivity contribution in [3.63, 3.8) is 0 Å². The lowest BCUT2D eigenvalue weighted by molar-refractivity contribution is 0.479. The molecule has 4 heterocycles. The van der Waals surface area contributed by atoms with E-state index in [1.54, 1.807) is 12.4 Å². The average Bonchev–Trinajstić information content (AvgIpc) is 3.06. The molecule has 124 valence electrons. The molecule has 0 spiro atoms. The Bertz CT molecular complexity index is 834. The van der Waals surface area contributed by atoms with Gasteiger partial charge in [-0.3, -0.25) is 9.38 Å². The molecule has 1 aliphatic rings. The van der Waals surface area contributed by atoms with Gasteiger partial charge in [0.05, 0.1) is 24.3 Å². The number of anilines is 1. The van der Waals surface area contributed by atoms with Crippen LogP contribution < -0.4 is 10.6 Å². The van der Waals surface area contributed by atoms with E-state index in [-0.39, 0.29) is 0 Å². The molecule has 6 heteroatoms. The van der Waals surface area contributed by atoms with Crippen molar-refractivity contribution in [1.29, 1.82) is 0 Å². The molecule has 1 aliphatic heterocycles. The van der Waals surface area contributed by atoms with Crippen molar-refractivity contribution in [1.82, 2.24) is 24.7 Å². The van der Waals surface area contributed by atoms with Gasteiger partial charge in [0, 0.05) is 18.8 Å². The van der Waals surface area contributed by atoms with E-state index in [1.807, 2.05) is 6.20 Å². The maximum Gasteiger partial charge on any atom is 0.145 e. The summed E-state index contributed by atoms with van der Waals surface area (Å²) in [5.41, 5.74) is 4.03. The van der Waals surface area contributed by atoms with Gasteiger partial charge < -0.3 is 10.6 Å². The number of pyridine rings is 1. The number of imidazole rings is 1. The smallest absolute Gasteiger partial charge is 0.145 e. The van der Waals surface area contributed by atoms with Crippen molar-refractivity contribution in [3.05, 3.63) is 42.5 Å². The number of hydrogen-bond acceptors (Lipinski definition) is 5. The van der Waals surface area contributed by atoms with E-state index >= 15 is 0 Å². The summed E-state index contributed by atoms with van der Waals surface area (Å²) in [6.07, 6.45) is 10.9. The Kier molecular flexibility index (Phi) is 4.13. The largest absolute Gasteiger partial charge is 0.365 e. The number of nitrogens with zero attached hydrogens (tertiary/aromatic N) is 4. The van der Waals surface area contributed by atoms with Crippen LogP contribution in [0, 0.1) is 0 Å². The zero-order chi connectivity index (χ0) is 16.4. The molecule has 1 saturated heterocycles. The van der Waals surface area contributed by atoms with Crippen LogP contribution in [0.4, 0.5) is 5.82 Å². The van der Waals surface area contributed by atoms with Crippen LogP contribution in [0.3, 0.4) is 0 Å². The lowest BCUT2D eigenvalue weighted by Gasteiger charge is -2.24. The lowest BCUT2D eigenvalue weighted by atomic mass is 10.1. The van der Waals surface area contributed by atoms with E-state index in [1.165, 1.54) is 12.0 Å². The Labute approximate surface area is 141 Å². The van der Waals surface area contributed by atoms with Crippen LogP contribution in [0.25, 0.3) is 17.0 Å². The topological polar surface area (TPSA) is 67.1 Å². The Balaban J connectivity index is 1.63. The standard InChI is InChI=1S/C18H22N6/c1-2-13-5-7-24-16(11-21-18(24)8-13)15-10-20-12-17(23-15)22-14-4-3-6-19-9-14/h5,7-8,10-12,14,19H,2-4,6,9H2,1H3,(H,22,23)/t14-/m1/s1. The maximum atomic E-state index is 4.74. The second-order valence-electron chi connectivity index (χ2n) is 6.24. The number of rotatable bonds is 4. The fourth-order valence-corrected chi connectivity index (χ4v) is 3.18. The van der Waals surface area contributed by atoms with E-state index in [0.717, 1.165) is 48.8 Å². The number of aryl methyl sites for hydroxylation is 1. The Morgan fingerprint density at radius 1 is 1.33 bits per heavy atom. The van der Waals surface area contributed by atoms with E-state index in [0.29, 0.717) is 6.04 Å². The van der Waals surface area contributed by atoms with Gasteiger partial charge in [0.1, 0.15) is 17.2 Å². The molecular weight excluding hydrogens is 300 g/mol. The summed E-state index contributed by atoms with van der Waals surface area (Å²) in [7, 11) is 0. The Morgan fingerprint density at radius 3 is 3.12 bits per heavy atom. The van der Waals surface area contributed by atoms with Gasteiger partial charge in [-0.25, -0.2) is 9.97 Å². The third-order valence-electron chi connectivity index (χ3n) is 4.53. The molecule has 0 unspecified atom stereocenters. The quantitative estimate of drug-likeness (QED) is 0.772. The third-order valence-corrected chi connectivity index (χ3v) is 4.53. The Morgan fingerprint density at radius 2 is 2.29 bits per heavy atom. The van der Waals surface area contributed by atoms with Crippen LogP contribution in [-0.2, 0) is 6.42 Å². The van der Waals surface area contributed by atoms with Gasteiger partial charge in [0.15, 0.2) is 0 Å². The predicted molar refractivity (Wildman–Crippen MR) is 95.1 cm³/mol. The summed E-state index contributed by atoms with van der Waals surface area (Å²) in [5.74, 6) is 0.821. The summed E-state index contributed by atoms with van der Waals surface area (Å²) >= 11 is 0. The minimum atomic E-state index is 0.414. The van der Waals surface area contributed by atoms with Gasteiger partial charge in [-0.1, -0.05) is 6.92 Å². The fourth-order valence-electron chi connectivity index (χ4n) is 3.18. The molecule has 0 amide bonds. The van der Waals surface area contributed by atoms with Gasteiger partial charge in [-0.2, -0.15) is 0 Å². The van der Waals surface area contributed by atoms with Crippen molar-refractivity contribution in [2.75, 3.05) is 18.4 Å². The predicted octanol–water partition coefficient (Wildman–Crippen LogP) is 2.52. The number of piperidine rings is 1. The molecule has 2 N–H and O–H groups in total. The SMILES string of the molecule is CCc1ccn2c(-c3cncc(N[C@@H]4CCCNC4)n3)cnc2c1. The summed E-state index contributed by atoms with van der Waals surface area (Å²) in [5, 5.41) is 6.89. The lowest BCUT2D eigenvalue weighted by Crippen LogP contribution is -2.38. The highest BCUT2D eigenvalue weighted by Crippen LogP contribution is 2.21. The second kappa shape index (κ2) is 6.57. The highest BCUT2D eigenvalue weighted by Gasteiger charge is 2.14. The van der Waals surface area contributed by atoms with Crippen LogP contribution in [0.2, 0.25) is 0 Å². The van der Waals surface area contributed by atoms with E-state index in [2.05, 4.69) is 50.3 Å². The number of aromatic nitrogens is 4. The van der Waals surface area contributed by atoms with Crippen molar-refractivity contribution in [3.8, 4) is 11.4 Å². The summed E-state index contributed by atoms with van der Waals surface area (Å²) in [6, 6.07) is 4.66. The third kappa shape index (κ3) is 2.97. The van der Waals surface area contributed by atoms with E-state index in [9.17, 15) is 0 Å². The van der Waals surface area contributed by atoms with Crippen LogP contribution in [-0.4, -0.2) is 38.5 Å². The molecule has 3 aromatic heterocycles. The van der Waals surface area contributed by atoms with Gasteiger partial charge >= 0.3 is 0 Å². The molecule has 0 aromatic carbocycles. The van der Waals surface area contributed by atoms with Gasteiger partial charge in [-0.05, 0) is 43.5 Å². The van der Waals surface area contributed by atoms with E-state index in [4.69, 9.17) is 4.98 Å². The minimum Gasteiger partial charge on any atom is -0.365 e. The fraction of sp³-hybridized carbons (Fsp3) is 0.389. The first-order chi connectivity index (χ1) is 11.8. The number of hydrogen-bond donors (Lipinski definition) is 2. The van der Waals surface area contributed by atoms with Crippen LogP contribution in [0.1, 0.15) is 25.3 Å². The second-order valence-corrected chi connectivity index (χ2v) is 6.24. The molecular formula is C18H22N6. The zero-order valence-corrected chi connectivity index (χ0v) is 13.9. The first-order valence-electron chi connectivity index (χ1n) is 8.59. The molecule has 0 bridgehead atoms. The normalized spacial score (nSPS) is 18.0.